The fraction of sp³-hybridized carbons (Fsp3) is 0.308. The van der Waals surface area contributed by atoms with Gasteiger partial charge in [-0.25, -0.2) is 0 Å². The summed E-state index contributed by atoms with van der Waals surface area (Å²) in [6.07, 6.45) is 2.16. The van der Waals surface area contributed by atoms with Crippen LogP contribution in [-0.2, 0) is 6.42 Å². The maximum atomic E-state index is 6.08. The van der Waals surface area contributed by atoms with Crippen LogP contribution in [0.5, 0.6) is 0 Å². The fourth-order valence-electron chi connectivity index (χ4n) is 1.97. The average Bonchev–Trinajstić information content (AvgIpc) is 3.18. The van der Waals surface area contributed by atoms with Gasteiger partial charge < -0.3 is 9.84 Å². The van der Waals surface area contributed by atoms with Crippen molar-refractivity contribution in [1.29, 1.82) is 0 Å². The zero-order valence-corrected chi connectivity index (χ0v) is 14.0. The first-order valence-electron chi connectivity index (χ1n) is 6.70. The van der Waals surface area contributed by atoms with Gasteiger partial charge in [-0.05, 0) is 42.6 Å². The Hall–Kier alpha value is -2.03. The Kier molecular flexibility index (Phi) is 5.64. The van der Waals surface area contributed by atoms with Crippen molar-refractivity contribution in [2.24, 2.45) is 0 Å². The van der Waals surface area contributed by atoms with Crippen LogP contribution in [0.15, 0.2) is 29.0 Å². The van der Waals surface area contributed by atoms with Crippen molar-refractivity contribution >= 4 is 24.0 Å². The molecule has 0 fully saturated rings. The van der Waals surface area contributed by atoms with Crippen molar-refractivity contribution in [3.8, 4) is 17.1 Å². The molecule has 1 atom stereocenters. The molecule has 1 N–H and O–H groups in total. The van der Waals surface area contributed by atoms with Crippen molar-refractivity contribution < 1.29 is 4.52 Å². The molecule has 0 saturated heterocycles. The molecule has 0 bridgehead atoms. The molecule has 122 valence electrons. The Labute approximate surface area is 143 Å². The first kappa shape index (κ1) is 17.3. The van der Waals surface area contributed by atoms with E-state index in [0.717, 1.165) is 0 Å². The van der Waals surface area contributed by atoms with Crippen molar-refractivity contribution in [2.75, 3.05) is 7.05 Å². The standard InChI is InChI=1S/C13H14ClN7O.ClH/c1-8(15-2)5-12-17-13(22-18-12)10-6-9(14)3-4-11(10)21-7-16-19-20-21;/h3-4,6-8,15H,5H2,1-2H3;1H. The van der Waals surface area contributed by atoms with Crippen molar-refractivity contribution in [2.45, 2.75) is 19.4 Å². The van der Waals surface area contributed by atoms with E-state index in [0.29, 0.717) is 34.4 Å². The summed E-state index contributed by atoms with van der Waals surface area (Å²) >= 11 is 6.08. The van der Waals surface area contributed by atoms with Crippen LogP contribution in [0.3, 0.4) is 0 Å². The van der Waals surface area contributed by atoms with Crippen molar-refractivity contribution in [3.05, 3.63) is 35.4 Å². The Morgan fingerprint density at radius 3 is 2.91 bits per heavy atom. The number of hydrogen-bond acceptors (Lipinski definition) is 7. The van der Waals surface area contributed by atoms with E-state index in [9.17, 15) is 0 Å². The highest BCUT2D eigenvalue weighted by Gasteiger charge is 2.16. The molecule has 23 heavy (non-hydrogen) atoms. The van der Waals surface area contributed by atoms with E-state index >= 15 is 0 Å². The largest absolute Gasteiger partial charge is 0.334 e. The van der Waals surface area contributed by atoms with Gasteiger partial charge in [-0.15, -0.1) is 17.5 Å². The van der Waals surface area contributed by atoms with E-state index in [1.165, 1.54) is 11.0 Å². The van der Waals surface area contributed by atoms with E-state index in [-0.39, 0.29) is 18.4 Å². The summed E-state index contributed by atoms with van der Waals surface area (Å²) in [6.45, 7) is 2.04. The number of nitrogens with one attached hydrogen (secondary N) is 1. The molecule has 0 aliphatic heterocycles. The minimum atomic E-state index is 0. The molecule has 10 heteroatoms. The molecule has 0 spiro atoms. The van der Waals surface area contributed by atoms with Crippen LogP contribution < -0.4 is 5.32 Å². The molecule has 1 unspecified atom stereocenters. The first-order chi connectivity index (χ1) is 10.7. The summed E-state index contributed by atoms with van der Waals surface area (Å²) < 4.78 is 6.88. The maximum absolute atomic E-state index is 6.08. The van der Waals surface area contributed by atoms with Gasteiger partial charge in [-0.2, -0.15) is 9.67 Å². The second-order valence-corrected chi connectivity index (χ2v) is 5.26. The maximum Gasteiger partial charge on any atom is 0.260 e. The van der Waals surface area contributed by atoms with Gasteiger partial charge >= 0.3 is 0 Å². The Balaban J connectivity index is 0.00000192. The zero-order valence-electron chi connectivity index (χ0n) is 12.5. The molecule has 2 aromatic heterocycles. The van der Waals surface area contributed by atoms with Gasteiger partial charge in [-0.3, -0.25) is 0 Å². The van der Waals surface area contributed by atoms with Crippen LogP contribution in [0.2, 0.25) is 5.02 Å². The molecule has 0 aliphatic rings. The van der Waals surface area contributed by atoms with Gasteiger partial charge in [0.2, 0.25) is 0 Å². The molecule has 8 nitrogen and oxygen atoms in total. The highest BCUT2D eigenvalue weighted by atomic mass is 35.5. The second-order valence-electron chi connectivity index (χ2n) is 4.83. The summed E-state index contributed by atoms with van der Waals surface area (Å²) in [5, 5.41) is 18.9. The Morgan fingerprint density at radius 1 is 1.39 bits per heavy atom. The number of benzene rings is 1. The number of halogens is 2. The van der Waals surface area contributed by atoms with Gasteiger partial charge in [0, 0.05) is 17.5 Å². The minimum Gasteiger partial charge on any atom is -0.334 e. The van der Waals surface area contributed by atoms with E-state index < -0.39 is 0 Å². The van der Waals surface area contributed by atoms with Crippen LogP contribution >= 0.6 is 24.0 Å². The number of aromatic nitrogens is 6. The monoisotopic (exact) mass is 355 g/mol. The van der Waals surface area contributed by atoms with Gasteiger partial charge in [0.25, 0.3) is 5.89 Å². The molecule has 3 aromatic rings. The van der Waals surface area contributed by atoms with E-state index in [1.807, 2.05) is 14.0 Å². The number of likely N-dealkylation sites (N-methyl/N-ethyl adjacent to an activating group) is 1. The normalized spacial score (nSPS) is 12.0. The summed E-state index contributed by atoms with van der Waals surface area (Å²) in [7, 11) is 1.89. The van der Waals surface area contributed by atoms with Gasteiger partial charge in [0.05, 0.1) is 11.3 Å². The Bertz CT molecular complexity index is 760. The van der Waals surface area contributed by atoms with E-state index in [2.05, 4.69) is 31.0 Å². The number of rotatable bonds is 5. The van der Waals surface area contributed by atoms with Crippen LogP contribution in [0.4, 0.5) is 0 Å². The van der Waals surface area contributed by atoms with Gasteiger partial charge in [0.1, 0.15) is 6.33 Å². The lowest BCUT2D eigenvalue weighted by atomic mass is 10.1. The summed E-state index contributed by atoms with van der Waals surface area (Å²) in [5.74, 6) is 1.01. The molecule has 1 aromatic carbocycles. The van der Waals surface area contributed by atoms with Crippen molar-refractivity contribution in [1.82, 2.24) is 35.7 Å². The number of tetrazole rings is 1. The highest BCUT2D eigenvalue weighted by molar-refractivity contribution is 6.31. The molecular formula is C13H15Cl2N7O. The summed E-state index contributed by atoms with van der Waals surface area (Å²) in [4.78, 5) is 4.42. The minimum absolute atomic E-state index is 0. The molecule has 2 heterocycles. The van der Waals surface area contributed by atoms with Crippen LogP contribution in [0.1, 0.15) is 12.7 Å². The quantitative estimate of drug-likeness (QED) is 0.746. The lowest BCUT2D eigenvalue weighted by Crippen LogP contribution is -2.24. The van der Waals surface area contributed by atoms with Crippen LogP contribution in [0, 0.1) is 0 Å². The predicted molar refractivity (Wildman–Crippen MR) is 86.9 cm³/mol. The van der Waals surface area contributed by atoms with Crippen LogP contribution in [0.25, 0.3) is 17.1 Å². The van der Waals surface area contributed by atoms with E-state index in [1.54, 1.807) is 18.2 Å². The number of hydrogen-bond donors (Lipinski definition) is 1. The highest BCUT2D eigenvalue weighted by Crippen LogP contribution is 2.28. The summed E-state index contributed by atoms with van der Waals surface area (Å²) in [5.41, 5.74) is 1.39. The smallest absolute Gasteiger partial charge is 0.260 e. The van der Waals surface area contributed by atoms with Crippen LogP contribution in [-0.4, -0.2) is 43.4 Å². The average molecular weight is 356 g/mol. The third-order valence-electron chi connectivity index (χ3n) is 3.23. The SMILES string of the molecule is CNC(C)Cc1noc(-c2cc(Cl)ccc2-n2cnnn2)n1.Cl. The lowest BCUT2D eigenvalue weighted by molar-refractivity contribution is 0.418. The predicted octanol–water partition coefficient (Wildman–Crippen LogP) is 1.94. The van der Waals surface area contributed by atoms with Gasteiger partial charge in [-0.1, -0.05) is 16.8 Å². The topological polar surface area (TPSA) is 94.6 Å². The zero-order chi connectivity index (χ0) is 15.5. The molecule has 0 aliphatic carbocycles. The molecule has 0 radical (unpaired) electrons. The first-order valence-corrected chi connectivity index (χ1v) is 7.08. The third kappa shape index (κ3) is 3.84. The molecular weight excluding hydrogens is 341 g/mol. The van der Waals surface area contributed by atoms with Gasteiger partial charge in [0.15, 0.2) is 5.82 Å². The molecule has 0 saturated carbocycles. The fourth-order valence-corrected chi connectivity index (χ4v) is 2.15. The molecule has 3 rings (SSSR count). The van der Waals surface area contributed by atoms with Crippen molar-refractivity contribution in [3.63, 3.8) is 0 Å². The molecule has 0 amide bonds. The second kappa shape index (κ2) is 7.49. The lowest BCUT2D eigenvalue weighted by Gasteiger charge is -2.05. The third-order valence-corrected chi connectivity index (χ3v) is 3.47. The summed E-state index contributed by atoms with van der Waals surface area (Å²) in [6, 6.07) is 5.55. The number of nitrogens with zero attached hydrogens (tertiary/aromatic N) is 6. The Morgan fingerprint density at radius 2 is 2.22 bits per heavy atom. The van der Waals surface area contributed by atoms with E-state index in [4.69, 9.17) is 16.1 Å².